The van der Waals surface area contributed by atoms with E-state index < -0.39 is 9.84 Å². The fraction of sp³-hybridized carbons (Fsp3) is 0.143. The summed E-state index contributed by atoms with van der Waals surface area (Å²) in [4.78, 5) is 0.380. The molecule has 0 radical (unpaired) electrons. The molecule has 0 aliphatic heterocycles. The van der Waals surface area contributed by atoms with E-state index in [1.807, 2.05) is 0 Å². The first kappa shape index (κ1) is 13.4. The summed E-state index contributed by atoms with van der Waals surface area (Å²) in [5, 5.41) is 0. The molecule has 0 fully saturated rings. The lowest BCUT2D eigenvalue weighted by atomic mass is 10.2. The zero-order chi connectivity index (χ0) is 14.2. The molecule has 0 amide bonds. The molecule has 0 heterocycles. The molecule has 2 aromatic carbocycles. The molecule has 100 valence electrons. The molecule has 0 bridgehead atoms. The van der Waals surface area contributed by atoms with Crippen molar-refractivity contribution in [1.82, 2.24) is 0 Å². The summed E-state index contributed by atoms with van der Waals surface area (Å²) >= 11 is 0. The average molecular weight is 276 g/mol. The Morgan fingerprint density at radius 3 is 1.42 bits per heavy atom. The summed E-state index contributed by atoms with van der Waals surface area (Å²) in [7, 11) is -3.59. The van der Waals surface area contributed by atoms with Crippen LogP contribution in [-0.2, 0) is 9.84 Å². The van der Waals surface area contributed by atoms with Crippen molar-refractivity contribution in [3.63, 3.8) is 0 Å². The van der Waals surface area contributed by atoms with Crippen molar-refractivity contribution in [2.75, 3.05) is 11.5 Å². The molecule has 4 N–H and O–H groups in total. The summed E-state index contributed by atoms with van der Waals surface area (Å²) in [6.07, 6.45) is 0. The lowest BCUT2D eigenvalue weighted by molar-refractivity contribution is 0.596. The fourth-order valence-corrected chi connectivity index (χ4v) is 3.54. The topological polar surface area (TPSA) is 86.2 Å². The Morgan fingerprint density at radius 2 is 1.11 bits per heavy atom. The third-order valence-corrected chi connectivity index (χ3v) is 4.48. The molecule has 0 aliphatic carbocycles. The molecule has 0 aliphatic rings. The Kier molecular flexibility index (Phi) is 3.24. The zero-order valence-corrected chi connectivity index (χ0v) is 11.7. The number of benzene rings is 2. The average Bonchev–Trinajstić information content (AvgIpc) is 2.26. The van der Waals surface area contributed by atoms with Gasteiger partial charge in [0.1, 0.15) is 0 Å². The molecule has 5 heteroatoms. The van der Waals surface area contributed by atoms with Crippen molar-refractivity contribution >= 4 is 21.2 Å². The Bertz CT molecular complexity index is 639. The predicted octanol–water partition coefficient (Wildman–Crippen LogP) is 2.30. The van der Waals surface area contributed by atoms with E-state index in [1.165, 1.54) is 12.1 Å². The SMILES string of the molecule is Cc1cc(N)cc(S(=O)(=O)c2cc(C)cc(N)c2)c1. The molecule has 4 nitrogen and oxygen atoms in total. The van der Waals surface area contributed by atoms with Gasteiger partial charge in [-0.1, -0.05) is 0 Å². The van der Waals surface area contributed by atoms with Crippen molar-refractivity contribution < 1.29 is 8.42 Å². The third kappa shape index (κ3) is 2.71. The van der Waals surface area contributed by atoms with Gasteiger partial charge in [-0.3, -0.25) is 0 Å². The molecule has 0 saturated carbocycles. The van der Waals surface area contributed by atoms with E-state index in [-0.39, 0.29) is 9.79 Å². The van der Waals surface area contributed by atoms with E-state index in [0.29, 0.717) is 11.4 Å². The van der Waals surface area contributed by atoms with Gasteiger partial charge in [0.25, 0.3) is 0 Å². The summed E-state index contributed by atoms with van der Waals surface area (Å²) in [6, 6.07) is 9.57. The van der Waals surface area contributed by atoms with E-state index in [1.54, 1.807) is 38.1 Å². The molecular weight excluding hydrogens is 260 g/mol. The molecule has 0 atom stereocenters. The van der Waals surface area contributed by atoms with Gasteiger partial charge in [-0.2, -0.15) is 0 Å². The summed E-state index contributed by atoms with van der Waals surface area (Å²) in [6.45, 7) is 3.61. The third-order valence-electron chi connectivity index (χ3n) is 2.77. The number of nitrogen functional groups attached to an aromatic ring is 2. The Hall–Kier alpha value is -2.01. The molecular formula is C14H16N2O2S. The molecule has 0 unspecified atom stereocenters. The van der Waals surface area contributed by atoms with Gasteiger partial charge >= 0.3 is 0 Å². The minimum absolute atomic E-state index is 0.190. The van der Waals surface area contributed by atoms with Gasteiger partial charge < -0.3 is 11.5 Å². The van der Waals surface area contributed by atoms with Crippen LogP contribution in [0.15, 0.2) is 46.2 Å². The number of rotatable bonds is 2. The van der Waals surface area contributed by atoms with E-state index >= 15 is 0 Å². The number of aryl methyl sites for hydroxylation is 2. The van der Waals surface area contributed by atoms with Crippen LogP contribution in [0.25, 0.3) is 0 Å². The normalized spacial score (nSPS) is 11.5. The van der Waals surface area contributed by atoms with Gasteiger partial charge in [-0.05, 0) is 61.4 Å². The lowest BCUT2D eigenvalue weighted by Gasteiger charge is -2.08. The first-order valence-corrected chi connectivity index (χ1v) is 7.27. The van der Waals surface area contributed by atoms with Crippen LogP contribution in [0.5, 0.6) is 0 Å². The highest BCUT2D eigenvalue weighted by Gasteiger charge is 2.19. The number of hydrogen-bond acceptors (Lipinski definition) is 4. The van der Waals surface area contributed by atoms with Crippen LogP contribution < -0.4 is 11.5 Å². The van der Waals surface area contributed by atoms with Crippen molar-refractivity contribution in [2.45, 2.75) is 23.6 Å². The Morgan fingerprint density at radius 1 is 0.737 bits per heavy atom. The quantitative estimate of drug-likeness (QED) is 0.824. The van der Waals surface area contributed by atoms with Crippen LogP contribution in [0.2, 0.25) is 0 Å². The van der Waals surface area contributed by atoms with E-state index in [9.17, 15) is 8.42 Å². The predicted molar refractivity (Wildman–Crippen MR) is 76.6 cm³/mol. The first-order chi connectivity index (χ1) is 8.79. The van der Waals surface area contributed by atoms with E-state index in [4.69, 9.17) is 11.5 Å². The molecule has 0 aromatic heterocycles. The number of anilines is 2. The monoisotopic (exact) mass is 276 g/mol. The minimum atomic E-state index is -3.59. The maximum atomic E-state index is 12.5. The van der Waals surface area contributed by atoms with Gasteiger partial charge in [-0.15, -0.1) is 0 Å². The van der Waals surface area contributed by atoms with Gasteiger partial charge in [0.05, 0.1) is 9.79 Å². The standard InChI is InChI=1S/C14H16N2O2S/c1-9-3-11(15)7-13(5-9)19(17,18)14-6-10(2)4-12(16)8-14/h3-8H,15-16H2,1-2H3. The highest BCUT2D eigenvalue weighted by Crippen LogP contribution is 2.26. The van der Waals surface area contributed by atoms with Crippen LogP contribution in [0.1, 0.15) is 11.1 Å². The fourth-order valence-electron chi connectivity index (χ4n) is 2.00. The smallest absolute Gasteiger partial charge is 0.206 e. The van der Waals surface area contributed by atoms with Gasteiger partial charge in [0.15, 0.2) is 0 Å². The first-order valence-electron chi connectivity index (χ1n) is 5.78. The maximum absolute atomic E-state index is 12.5. The van der Waals surface area contributed by atoms with Crippen molar-refractivity contribution in [2.24, 2.45) is 0 Å². The number of sulfone groups is 1. The van der Waals surface area contributed by atoms with Crippen LogP contribution in [0, 0.1) is 13.8 Å². The number of nitrogens with two attached hydrogens (primary N) is 2. The molecule has 0 saturated heterocycles. The van der Waals surface area contributed by atoms with Crippen molar-refractivity contribution in [3.05, 3.63) is 47.5 Å². The van der Waals surface area contributed by atoms with Crippen LogP contribution in [-0.4, -0.2) is 8.42 Å². The second kappa shape index (κ2) is 4.59. The Balaban J connectivity index is 2.65. The number of hydrogen-bond donors (Lipinski definition) is 2. The van der Waals surface area contributed by atoms with Crippen LogP contribution in [0.4, 0.5) is 11.4 Å². The van der Waals surface area contributed by atoms with Crippen molar-refractivity contribution in [1.29, 1.82) is 0 Å². The Labute approximate surface area is 113 Å². The highest BCUT2D eigenvalue weighted by molar-refractivity contribution is 7.91. The minimum Gasteiger partial charge on any atom is -0.399 e. The van der Waals surface area contributed by atoms with Gasteiger partial charge in [-0.25, -0.2) is 8.42 Å². The van der Waals surface area contributed by atoms with Crippen LogP contribution >= 0.6 is 0 Å². The summed E-state index contributed by atoms with van der Waals surface area (Å²) in [5.41, 5.74) is 13.9. The second-order valence-electron chi connectivity index (χ2n) is 4.66. The lowest BCUT2D eigenvalue weighted by Crippen LogP contribution is -2.04. The largest absolute Gasteiger partial charge is 0.399 e. The maximum Gasteiger partial charge on any atom is 0.206 e. The second-order valence-corrected chi connectivity index (χ2v) is 6.61. The molecule has 19 heavy (non-hydrogen) atoms. The van der Waals surface area contributed by atoms with Crippen molar-refractivity contribution in [3.8, 4) is 0 Å². The van der Waals surface area contributed by atoms with Crippen LogP contribution in [0.3, 0.4) is 0 Å². The highest BCUT2D eigenvalue weighted by atomic mass is 32.2. The summed E-state index contributed by atoms with van der Waals surface area (Å²) < 4.78 is 25.1. The molecule has 2 rings (SSSR count). The van der Waals surface area contributed by atoms with Gasteiger partial charge in [0, 0.05) is 11.4 Å². The van der Waals surface area contributed by atoms with E-state index in [0.717, 1.165) is 11.1 Å². The van der Waals surface area contributed by atoms with E-state index in [2.05, 4.69) is 0 Å². The zero-order valence-electron chi connectivity index (χ0n) is 10.8. The molecule has 0 spiro atoms. The summed E-state index contributed by atoms with van der Waals surface area (Å²) in [5.74, 6) is 0. The molecule has 2 aromatic rings. The van der Waals surface area contributed by atoms with Gasteiger partial charge in [0.2, 0.25) is 9.84 Å².